The summed E-state index contributed by atoms with van der Waals surface area (Å²) in [6, 6.07) is 5.47. The number of rotatable bonds is 4. The minimum absolute atomic E-state index is 0.0872. The number of benzene rings is 1. The molecule has 0 radical (unpaired) electrons. The summed E-state index contributed by atoms with van der Waals surface area (Å²) in [5.74, 6) is -1.18. The predicted octanol–water partition coefficient (Wildman–Crippen LogP) is 2.29. The van der Waals surface area contributed by atoms with Crippen molar-refractivity contribution >= 4 is 11.7 Å². The Kier molecular flexibility index (Phi) is 4.02. The Bertz CT molecular complexity index is 617. The van der Waals surface area contributed by atoms with E-state index in [1.807, 2.05) is 19.9 Å². The molecule has 5 nitrogen and oxygen atoms in total. The molecule has 2 N–H and O–H groups in total. The Morgan fingerprint density at radius 2 is 2.15 bits per heavy atom. The fourth-order valence-electron chi connectivity index (χ4n) is 1.94. The molecule has 0 fully saturated rings. The van der Waals surface area contributed by atoms with Crippen LogP contribution < -0.4 is 5.73 Å². The Morgan fingerprint density at radius 3 is 2.80 bits per heavy atom. The zero-order valence-electron chi connectivity index (χ0n) is 11.4. The quantitative estimate of drug-likeness (QED) is 0.687. The third-order valence-electron chi connectivity index (χ3n) is 2.79. The Morgan fingerprint density at radius 1 is 1.40 bits per heavy atom. The van der Waals surface area contributed by atoms with E-state index < -0.39 is 11.8 Å². The topological polar surface area (TPSA) is 70.1 Å². The average molecular weight is 277 g/mol. The number of aryl methyl sites for hydroxylation is 2. The Hall–Kier alpha value is -2.37. The van der Waals surface area contributed by atoms with Crippen LogP contribution in [0.5, 0.6) is 0 Å². The number of halogens is 1. The lowest BCUT2D eigenvalue weighted by molar-refractivity contribution is 0.0462. The van der Waals surface area contributed by atoms with Gasteiger partial charge in [0.25, 0.3) is 0 Å². The van der Waals surface area contributed by atoms with Crippen molar-refractivity contribution in [1.29, 1.82) is 0 Å². The van der Waals surface area contributed by atoms with Crippen LogP contribution in [0.2, 0.25) is 0 Å². The molecule has 0 bridgehead atoms. The number of aromatic nitrogens is 2. The minimum atomic E-state index is -0.613. The lowest BCUT2D eigenvalue weighted by Crippen LogP contribution is -2.10. The Labute approximate surface area is 116 Å². The van der Waals surface area contributed by atoms with Crippen LogP contribution in [0.1, 0.15) is 28.7 Å². The van der Waals surface area contributed by atoms with Crippen molar-refractivity contribution < 1.29 is 13.9 Å². The molecule has 0 saturated heterocycles. The molecule has 0 aliphatic rings. The average Bonchev–Trinajstić information content (AvgIpc) is 2.75. The number of hydrogen-bond donors (Lipinski definition) is 1. The molecule has 0 amide bonds. The van der Waals surface area contributed by atoms with Crippen molar-refractivity contribution in [2.24, 2.45) is 0 Å². The molecule has 0 aliphatic carbocycles. The molecule has 1 heterocycles. The van der Waals surface area contributed by atoms with Crippen molar-refractivity contribution in [3.8, 4) is 0 Å². The summed E-state index contributed by atoms with van der Waals surface area (Å²) in [5, 5.41) is 4.25. The van der Waals surface area contributed by atoms with Crippen LogP contribution in [0.25, 0.3) is 0 Å². The molecule has 2 rings (SSSR count). The van der Waals surface area contributed by atoms with E-state index in [9.17, 15) is 9.18 Å². The van der Waals surface area contributed by atoms with E-state index in [1.165, 1.54) is 6.07 Å². The number of nitrogens with two attached hydrogens (primary N) is 1. The Balaban J connectivity index is 2.08. The van der Waals surface area contributed by atoms with E-state index in [0.717, 1.165) is 23.5 Å². The standard InChI is InChI=1S/C14H16FN3O2/c1-3-18-13(4-9(2)17-18)8-20-14(19)10-5-11(15)7-12(16)6-10/h4-7H,3,8,16H2,1-2H3. The fourth-order valence-corrected chi connectivity index (χ4v) is 1.94. The number of nitrogen functional groups attached to an aromatic ring is 1. The summed E-state index contributed by atoms with van der Waals surface area (Å²) in [5.41, 5.74) is 7.43. The number of carbonyl (C=O) groups excluding carboxylic acids is 1. The maximum atomic E-state index is 13.2. The van der Waals surface area contributed by atoms with Gasteiger partial charge in [-0.25, -0.2) is 9.18 Å². The predicted molar refractivity (Wildman–Crippen MR) is 72.6 cm³/mol. The second kappa shape index (κ2) is 5.73. The lowest BCUT2D eigenvalue weighted by Gasteiger charge is -2.07. The van der Waals surface area contributed by atoms with Gasteiger partial charge in [0.15, 0.2) is 0 Å². The normalized spacial score (nSPS) is 10.6. The van der Waals surface area contributed by atoms with Crippen molar-refractivity contribution in [1.82, 2.24) is 9.78 Å². The molecule has 1 aromatic heterocycles. The molecule has 6 heteroatoms. The van der Waals surface area contributed by atoms with E-state index in [-0.39, 0.29) is 17.9 Å². The number of ether oxygens (including phenoxy) is 1. The van der Waals surface area contributed by atoms with Gasteiger partial charge >= 0.3 is 5.97 Å². The van der Waals surface area contributed by atoms with Crippen LogP contribution in [0.15, 0.2) is 24.3 Å². The van der Waals surface area contributed by atoms with Gasteiger partial charge in [0.05, 0.1) is 17.0 Å². The molecule has 2 aromatic rings. The first-order chi connectivity index (χ1) is 9.49. The second-order valence-electron chi connectivity index (χ2n) is 4.44. The molecule has 20 heavy (non-hydrogen) atoms. The summed E-state index contributed by atoms with van der Waals surface area (Å²) in [6.07, 6.45) is 0. The van der Waals surface area contributed by atoms with Gasteiger partial charge in [0, 0.05) is 12.2 Å². The molecule has 0 aliphatic heterocycles. The lowest BCUT2D eigenvalue weighted by atomic mass is 10.2. The highest BCUT2D eigenvalue weighted by Gasteiger charge is 2.12. The summed E-state index contributed by atoms with van der Waals surface area (Å²) in [7, 11) is 0. The van der Waals surface area contributed by atoms with E-state index >= 15 is 0 Å². The third kappa shape index (κ3) is 3.14. The van der Waals surface area contributed by atoms with Crippen LogP contribution in [0.4, 0.5) is 10.1 Å². The maximum absolute atomic E-state index is 13.2. The highest BCUT2D eigenvalue weighted by atomic mass is 19.1. The van der Waals surface area contributed by atoms with E-state index in [0.29, 0.717) is 6.54 Å². The van der Waals surface area contributed by atoms with Gasteiger partial charge in [-0.2, -0.15) is 5.10 Å². The van der Waals surface area contributed by atoms with Crippen LogP contribution in [-0.4, -0.2) is 15.7 Å². The molecule has 106 valence electrons. The first-order valence-electron chi connectivity index (χ1n) is 6.26. The third-order valence-corrected chi connectivity index (χ3v) is 2.79. The van der Waals surface area contributed by atoms with Crippen LogP contribution in [0, 0.1) is 12.7 Å². The monoisotopic (exact) mass is 277 g/mol. The summed E-state index contributed by atoms with van der Waals surface area (Å²) < 4.78 is 20.1. The first kappa shape index (κ1) is 14.0. The van der Waals surface area contributed by atoms with Gasteiger partial charge < -0.3 is 10.5 Å². The molecule has 1 aromatic carbocycles. The molecule has 0 atom stereocenters. The van der Waals surface area contributed by atoms with Gasteiger partial charge in [-0.3, -0.25) is 4.68 Å². The highest BCUT2D eigenvalue weighted by Crippen LogP contribution is 2.13. The van der Waals surface area contributed by atoms with E-state index in [2.05, 4.69) is 5.10 Å². The van der Waals surface area contributed by atoms with Crippen molar-refractivity contribution in [3.05, 3.63) is 47.0 Å². The van der Waals surface area contributed by atoms with Crippen LogP contribution in [0.3, 0.4) is 0 Å². The van der Waals surface area contributed by atoms with Gasteiger partial charge in [0.2, 0.25) is 0 Å². The smallest absolute Gasteiger partial charge is 0.338 e. The molecule has 0 spiro atoms. The fraction of sp³-hybridized carbons (Fsp3) is 0.286. The number of carbonyl (C=O) groups is 1. The van der Waals surface area contributed by atoms with E-state index in [1.54, 1.807) is 4.68 Å². The highest BCUT2D eigenvalue weighted by molar-refractivity contribution is 5.90. The summed E-state index contributed by atoms with van der Waals surface area (Å²) in [4.78, 5) is 11.9. The molecule has 0 saturated carbocycles. The SMILES string of the molecule is CCn1nc(C)cc1COC(=O)c1cc(N)cc(F)c1. The van der Waals surface area contributed by atoms with Crippen LogP contribution in [-0.2, 0) is 17.9 Å². The van der Waals surface area contributed by atoms with Crippen molar-refractivity contribution in [2.45, 2.75) is 27.0 Å². The largest absolute Gasteiger partial charge is 0.456 e. The van der Waals surface area contributed by atoms with Crippen molar-refractivity contribution in [2.75, 3.05) is 5.73 Å². The van der Waals surface area contributed by atoms with Gasteiger partial charge in [-0.15, -0.1) is 0 Å². The summed E-state index contributed by atoms with van der Waals surface area (Å²) in [6.45, 7) is 4.59. The molecular formula is C14H16FN3O2. The molecular weight excluding hydrogens is 261 g/mol. The first-order valence-corrected chi connectivity index (χ1v) is 6.26. The van der Waals surface area contributed by atoms with Crippen LogP contribution >= 0.6 is 0 Å². The molecule has 0 unspecified atom stereocenters. The second-order valence-corrected chi connectivity index (χ2v) is 4.44. The van der Waals surface area contributed by atoms with Crippen molar-refractivity contribution in [3.63, 3.8) is 0 Å². The number of esters is 1. The summed E-state index contributed by atoms with van der Waals surface area (Å²) >= 11 is 0. The minimum Gasteiger partial charge on any atom is -0.456 e. The van der Waals surface area contributed by atoms with E-state index in [4.69, 9.17) is 10.5 Å². The van der Waals surface area contributed by atoms with Gasteiger partial charge in [-0.1, -0.05) is 0 Å². The number of anilines is 1. The maximum Gasteiger partial charge on any atom is 0.338 e. The van der Waals surface area contributed by atoms with Gasteiger partial charge in [0.1, 0.15) is 12.4 Å². The zero-order valence-corrected chi connectivity index (χ0v) is 11.4. The number of hydrogen-bond acceptors (Lipinski definition) is 4. The number of nitrogens with zero attached hydrogens (tertiary/aromatic N) is 2. The zero-order chi connectivity index (χ0) is 14.7. The van der Waals surface area contributed by atoms with Gasteiger partial charge in [-0.05, 0) is 38.1 Å².